The zero-order valence-electron chi connectivity index (χ0n) is 16.0. The molecule has 2 amide bonds. The predicted molar refractivity (Wildman–Crippen MR) is 108 cm³/mol. The van der Waals surface area contributed by atoms with Crippen LogP contribution in [0, 0.1) is 5.92 Å². The fraction of sp³-hybridized carbons (Fsp3) is 0.391. The lowest BCUT2D eigenvalue weighted by Gasteiger charge is -2.34. The zero-order valence-corrected chi connectivity index (χ0v) is 16.0. The molecule has 0 unspecified atom stereocenters. The quantitative estimate of drug-likeness (QED) is 0.889. The largest absolute Gasteiger partial charge is 0.508 e. The lowest BCUT2D eigenvalue weighted by atomic mass is 9.95. The summed E-state index contributed by atoms with van der Waals surface area (Å²) in [4.78, 5) is 29.6. The van der Waals surface area contributed by atoms with E-state index >= 15 is 0 Å². The van der Waals surface area contributed by atoms with Crippen LogP contribution in [-0.2, 0) is 4.79 Å². The van der Waals surface area contributed by atoms with E-state index in [4.69, 9.17) is 0 Å². The van der Waals surface area contributed by atoms with E-state index in [1.165, 1.54) is 0 Å². The number of hydrogen-bond donors (Lipinski definition) is 1. The number of carbonyl (C=O) groups excluding carboxylic acids is 2. The molecule has 2 aliphatic rings. The van der Waals surface area contributed by atoms with Gasteiger partial charge in [0.05, 0.1) is 5.92 Å². The molecule has 4 rings (SSSR count). The van der Waals surface area contributed by atoms with Crippen LogP contribution in [0.1, 0.15) is 36.0 Å². The van der Waals surface area contributed by atoms with Crippen molar-refractivity contribution in [3.8, 4) is 16.9 Å². The highest BCUT2D eigenvalue weighted by Gasteiger charge is 2.32. The van der Waals surface area contributed by atoms with Crippen molar-refractivity contribution in [3.63, 3.8) is 0 Å². The molecular formula is C23H26N2O3. The molecule has 1 N–H and O–H groups in total. The number of phenols is 1. The molecule has 5 nitrogen and oxygen atoms in total. The molecule has 2 fully saturated rings. The number of nitrogens with zero attached hydrogens (tertiary/aromatic N) is 2. The van der Waals surface area contributed by atoms with E-state index in [1.54, 1.807) is 12.1 Å². The van der Waals surface area contributed by atoms with Crippen molar-refractivity contribution in [2.75, 3.05) is 26.2 Å². The monoisotopic (exact) mass is 378 g/mol. The Morgan fingerprint density at radius 2 is 1.57 bits per heavy atom. The summed E-state index contributed by atoms with van der Waals surface area (Å²) < 4.78 is 0. The molecule has 5 heteroatoms. The molecule has 2 aliphatic heterocycles. The van der Waals surface area contributed by atoms with Gasteiger partial charge in [0, 0.05) is 31.7 Å². The number of rotatable bonds is 3. The molecular weight excluding hydrogens is 352 g/mol. The zero-order chi connectivity index (χ0) is 19.5. The maximum absolute atomic E-state index is 13.1. The maximum Gasteiger partial charge on any atom is 0.253 e. The van der Waals surface area contributed by atoms with Crippen molar-refractivity contribution in [1.29, 1.82) is 0 Å². The highest BCUT2D eigenvalue weighted by atomic mass is 16.3. The minimum Gasteiger partial charge on any atom is -0.508 e. The van der Waals surface area contributed by atoms with Crippen molar-refractivity contribution in [3.05, 3.63) is 54.1 Å². The van der Waals surface area contributed by atoms with Crippen molar-refractivity contribution in [2.24, 2.45) is 5.92 Å². The van der Waals surface area contributed by atoms with Crippen molar-refractivity contribution in [1.82, 2.24) is 9.80 Å². The molecule has 0 aromatic heterocycles. The number of aromatic hydroxyl groups is 1. The lowest BCUT2D eigenvalue weighted by molar-refractivity contribution is -0.135. The average Bonchev–Trinajstić information content (AvgIpc) is 3.28. The smallest absolute Gasteiger partial charge is 0.253 e. The summed E-state index contributed by atoms with van der Waals surface area (Å²) in [6, 6.07) is 14.5. The van der Waals surface area contributed by atoms with Crippen LogP contribution in [0.4, 0.5) is 0 Å². The molecule has 0 radical (unpaired) electrons. The Kier molecular flexibility index (Phi) is 5.33. The van der Waals surface area contributed by atoms with E-state index in [2.05, 4.69) is 0 Å². The third-order valence-corrected chi connectivity index (χ3v) is 5.79. The van der Waals surface area contributed by atoms with Crippen molar-refractivity contribution in [2.45, 2.75) is 25.7 Å². The van der Waals surface area contributed by atoms with E-state index < -0.39 is 0 Å². The number of amides is 2. The molecule has 2 heterocycles. The van der Waals surface area contributed by atoms with Gasteiger partial charge in [-0.3, -0.25) is 9.59 Å². The molecule has 0 aliphatic carbocycles. The van der Waals surface area contributed by atoms with Gasteiger partial charge in [-0.1, -0.05) is 24.3 Å². The first kappa shape index (κ1) is 18.5. The summed E-state index contributed by atoms with van der Waals surface area (Å²) in [5.74, 6) is 0.349. The van der Waals surface area contributed by atoms with Crippen LogP contribution in [0.3, 0.4) is 0 Å². The minimum atomic E-state index is -0.0731. The Bertz CT molecular complexity index is 856. The van der Waals surface area contributed by atoms with E-state index in [-0.39, 0.29) is 23.5 Å². The van der Waals surface area contributed by atoms with E-state index in [1.807, 2.05) is 46.2 Å². The summed E-state index contributed by atoms with van der Waals surface area (Å²) in [7, 11) is 0. The number of likely N-dealkylation sites (tertiary alicyclic amines) is 2. The van der Waals surface area contributed by atoms with Gasteiger partial charge in [0.1, 0.15) is 5.75 Å². The van der Waals surface area contributed by atoms with E-state index in [9.17, 15) is 14.7 Å². The Balaban J connectivity index is 1.48. The van der Waals surface area contributed by atoms with Crippen molar-refractivity contribution < 1.29 is 14.7 Å². The van der Waals surface area contributed by atoms with Gasteiger partial charge in [0.25, 0.3) is 5.91 Å². The van der Waals surface area contributed by atoms with Gasteiger partial charge in [-0.2, -0.15) is 0 Å². The number of piperidine rings is 1. The number of carbonyl (C=O) groups is 2. The van der Waals surface area contributed by atoms with Crippen LogP contribution >= 0.6 is 0 Å². The minimum absolute atomic E-state index is 0.0143. The second kappa shape index (κ2) is 8.05. The molecule has 2 aromatic carbocycles. The van der Waals surface area contributed by atoms with Gasteiger partial charge >= 0.3 is 0 Å². The summed E-state index contributed by atoms with van der Waals surface area (Å²) in [6.45, 7) is 2.93. The molecule has 0 bridgehead atoms. The van der Waals surface area contributed by atoms with Crippen LogP contribution < -0.4 is 0 Å². The van der Waals surface area contributed by atoms with Gasteiger partial charge in [-0.05, 0) is 61.1 Å². The van der Waals surface area contributed by atoms with Gasteiger partial charge in [-0.25, -0.2) is 0 Å². The number of hydrogen-bond acceptors (Lipinski definition) is 3. The fourth-order valence-corrected chi connectivity index (χ4v) is 4.23. The third-order valence-electron chi connectivity index (χ3n) is 5.79. The normalized spacial score (nSPS) is 19.6. The highest BCUT2D eigenvalue weighted by Crippen LogP contribution is 2.26. The van der Waals surface area contributed by atoms with Crippen LogP contribution in [0.15, 0.2) is 48.5 Å². The van der Waals surface area contributed by atoms with Gasteiger partial charge in [0.2, 0.25) is 5.91 Å². The second-order valence-corrected chi connectivity index (χ2v) is 7.75. The third kappa shape index (κ3) is 3.88. The Labute approximate surface area is 165 Å². The van der Waals surface area contributed by atoms with Crippen LogP contribution in [0.5, 0.6) is 5.75 Å². The summed E-state index contributed by atoms with van der Waals surface area (Å²) >= 11 is 0. The van der Waals surface area contributed by atoms with Gasteiger partial charge in [0.15, 0.2) is 0 Å². The number of phenolic OH excluding ortho intramolecular Hbond substituents is 1. The maximum atomic E-state index is 13.1. The molecule has 1 atom stereocenters. The summed E-state index contributed by atoms with van der Waals surface area (Å²) in [6.07, 6.45) is 3.91. The second-order valence-electron chi connectivity index (χ2n) is 7.75. The molecule has 0 spiro atoms. The van der Waals surface area contributed by atoms with E-state index in [0.29, 0.717) is 18.7 Å². The average molecular weight is 378 g/mol. The van der Waals surface area contributed by atoms with Crippen LogP contribution in [-0.4, -0.2) is 52.9 Å². The Morgan fingerprint density at radius 3 is 2.32 bits per heavy atom. The fourth-order valence-electron chi connectivity index (χ4n) is 4.23. The first-order valence-corrected chi connectivity index (χ1v) is 10.1. The Hall–Kier alpha value is -2.82. The molecule has 28 heavy (non-hydrogen) atoms. The predicted octanol–water partition coefficient (Wildman–Crippen LogP) is 3.53. The van der Waals surface area contributed by atoms with Crippen LogP contribution in [0.25, 0.3) is 11.1 Å². The Morgan fingerprint density at radius 1 is 0.857 bits per heavy atom. The van der Waals surface area contributed by atoms with E-state index in [0.717, 1.165) is 49.9 Å². The molecule has 2 saturated heterocycles. The standard InChI is InChI=1S/C23H26N2O3/c26-21-10-8-17(9-11-21)18-5-3-6-19(15-18)22(27)25-14-4-7-20(16-25)23(28)24-12-1-2-13-24/h3,5-6,8-11,15,20,26H,1-2,4,7,12-14,16H2/t20-/m0/s1. The van der Waals surface area contributed by atoms with Gasteiger partial charge in [-0.15, -0.1) is 0 Å². The molecule has 2 aromatic rings. The summed E-state index contributed by atoms with van der Waals surface area (Å²) in [5.41, 5.74) is 2.53. The highest BCUT2D eigenvalue weighted by molar-refractivity contribution is 5.96. The van der Waals surface area contributed by atoms with Gasteiger partial charge < -0.3 is 14.9 Å². The summed E-state index contributed by atoms with van der Waals surface area (Å²) in [5, 5.41) is 9.47. The SMILES string of the molecule is O=C(c1cccc(-c2ccc(O)cc2)c1)N1CCC[C@H](C(=O)N2CCCC2)C1. The topological polar surface area (TPSA) is 60.9 Å². The lowest BCUT2D eigenvalue weighted by Crippen LogP contribution is -2.46. The van der Waals surface area contributed by atoms with Crippen LogP contribution in [0.2, 0.25) is 0 Å². The van der Waals surface area contributed by atoms with Crippen molar-refractivity contribution >= 4 is 11.8 Å². The molecule has 0 saturated carbocycles. The first-order valence-electron chi connectivity index (χ1n) is 10.1. The first-order chi connectivity index (χ1) is 13.6. The molecule has 146 valence electrons. The number of benzene rings is 2.